The number of hydrogen-bond acceptors (Lipinski definition) is 20. The fourth-order valence-electron chi connectivity index (χ4n) is 12.7. The zero-order valence-corrected chi connectivity index (χ0v) is 60.5. The number of hydrazine groups is 1. The molecule has 2 bridgehead atoms. The van der Waals surface area contributed by atoms with Crippen LogP contribution in [0.5, 0.6) is 5.75 Å². The summed E-state index contributed by atoms with van der Waals surface area (Å²) in [5.74, 6) is -3.67. The molecule has 2 aromatic heterocycles. The fraction of sp³-hybridized carbons (Fsp3) is 0.500. The molecule has 40 heteroatoms. The Kier molecular flexibility index (Phi) is 26.5. The second-order valence-electron chi connectivity index (χ2n) is 27.8. The number of esters is 1. The first-order valence-corrected chi connectivity index (χ1v) is 34.8. The molecule has 8 rings (SSSR count). The first-order valence-electron chi connectivity index (χ1n) is 33.3. The van der Waals surface area contributed by atoms with Crippen LogP contribution in [0.2, 0.25) is 0 Å². The number of aromatic nitrogens is 4. The number of carbonyl (C=O) groups excluding carboxylic acids is 6. The summed E-state index contributed by atoms with van der Waals surface area (Å²) < 4.78 is 191. The number of methoxy groups -OCH3 is 2. The first-order chi connectivity index (χ1) is 50.4. The van der Waals surface area contributed by atoms with Crippen LogP contribution in [0.4, 0.5) is 59.4 Å². The number of rotatable bonds is 29. The van der Waals surface area contributed by atoms with Crippen molar-refractivity contribution in [1.82, 2.24) is 56.4 Å². The highest BCUT2D eigenvalue weighted by atomic mass is 31.2. The Balaban J connectivity index is 1.27. The number of phosphoric ester groups is 1. The number of anilines is 1. The van der Waals surface area contributed by atoms with Crippen LogP contribution in [0.1, 0.15) is 106 Å². The van der Waals surface area contributed by atoms with Crippen LogP contribution in [0.15, 0.2) is 78.3 Å². The number of aryl methyl sites for hydroxylation is 1. The monoisotopic (exact) mass is 1550 g/mol. The number of nitrogens with one attached hydrogen (secondary N) is 5. The maximum absolute atomic E-state index is 16.8. The van der Waals surface area contributed by atoms with Crippen molar-refractivity contribution in [3.05, 3.63) is 124 Å². The Morgan fingerprint density at radius 1 is 0.796 bits per heavy atom. The number of carbonyl (C=O) groups is 6. The van der Waals surface area contributed by atoms with Gasteiger partial charge in [0.05, 0.1) is 87.5 Å². The van der Waals surface area contributed by atoms with Crippen LogP contribution in [0.3, 0.4) is 0 Å². The highest BCUT2D eigenvalue weighted by Crippen LogP contribution is 2.47. The molecular weight excluding hydrogens is 1470 g/mol. The predicted octanol–water partition coefficient (Wildman–Crippen LogP) is 7.12. The molecule has 0 aliphatic carbocycles. The number of alkyl carbamates (subject to hydrolysis) is 2. The summed E-state index contributed by atoms with van der Waals surface area (Å²) in [5.41, 5.74) is -2.16. The zero-order chi connectivity index (χ0) is 79.8. The summed E-state index contributed by atoms with van der Waals surface area (Å²) in [6.07, 6.45) is -12.9. The van der Waals surface area contributed by atoms with E-state index in [9.17, 15) is 42.3 Å². The number of nitrogens with zero attached hydrogens (tertiary/aromatic N) is 8. The van der Waals surface area contributed by atoms with E-state index in [4.69, 9.17) is 24.9 Å². The molecule has 3 saturated heterocycles. The molecule has 0 radical (unpaired) electrons. The largest absolute Gasteiger partial charge is 0.524 e. The Hall–Kier alpha value is -9.87. The van der Waals surface area contributed by atoms with Gasteiger partial charge in [-0.3, -0.25) is 39.3 Å². The van der Waals surface area contributed by atoms with Crippen LogP contribution in [-0.4, -0.2) is 195 Å². The molecule has 6 atom stereocenters. The maximum Gasteiger partial charge on any atom is 0.524 e. The van der Waals surface area contributed by atoms with E-state index in [0.29, 0.717) is 106 Å². The van der Waals surface area contributed by atoms with Gasteiger partial charge in [-0.1, -0.05) is 49.0 Å². The molecule has 5 amide bonds. The lowest BCUT2D eigenvalue weighted by molar-refractivity contribution is -0.221. The lowest BCUT2D eigenvalue weighted by atomic mass is 9.77. The number of piperazine rings is 1. The van der Waals surface area contributed by atoms with Crippen molar-refractivity contribution in [1.29, 1.82) is 0 Å². The second kappa shape index (κ2) is 34.1. The third-order valence-corrected chi connectivity index (χ3v) is 19.1. The number of hydrogen-bond donors (Lipinski definition) is 9. The molecule has 2 unspecified atom stereocenters. The lowest BCUT2D eigenvalue weighted by Crippen LogP contribution is -2.64. The van der Waals surface area contributed by atoms with E-state index in [-0.39, 0.29) is 26.9 Å². The van der Waals surface area contributed by atoms with Crippen molar-refractivity contribution in [3.8, 4) is 28.8 Å². The number of amides is 5. The molecule has 0 spiro atoms. The van der Waals surface area contributed by atoms with Crippen molar-refractivity contribution in [3.63, 3.8) is 0 Å². The molecule has 29 nitrogen and oxygen atoms in total. The minimum absolute atomic E-state index is 0.0829. The molecule has 3 aliphatic heterocycles. The van der Waals surface area contributed by atoms with Gasteiger partial charge in [-0.15, -0.1) is 0 Å². The number of ether oxygens (including phenoxy) is 4. The van der Waals surface area contributed by atoms with Gasteiger partial charge in [0.15, 0.2) is 5.84 Å². The van der Waals surface area contributed by atoms with Crippen LogP contribution in [0, 0.1) is 41.2 Å². The Bertz CT molecular complexity index is 4210. The fourth-order valence-corrected chi connectivity index (χ4v) is 13.1. The Morgan fingerprint density at radius 3 is 1.87 bits per heavy atom. The van der Waals surface area contributed by atoms with Crippen LogP contribution in [-0.2, 0) is 67.5 Å². The van der Waals surface area contributed by atoms with E-state index >= 15 is 44.7 Å². The normalized spacial score (nSPS) is 17.1. The predicted molar refractivity (Wildman–Crippen MR) is 363 cm³/mol. The minimum Gasteiger partial charge on any atom is -0.459 e. The average Bonchev–Trinajstić information content (AvgIpc) is 1.18. The van der Waals surface area contributed by atoms with Gasteiger partial charge < -0.3 is 60.6 Å². The molecule has 10 N–H and O–H groups in total. The maximum atomic E-state index is 16.8. The minimum atomic E-state index is -5.56. The smallest absolute Gasteiger partial charge is 0.459 e. The third-order valence-electron chi connectivity index (χ3n) is 18.7. The van der Waals surface area contributed by atoms with Crippen LogP contribution < -0.4 is 41.9 Å². The number of alkyl halides is 8. The Labute approximate surface area is 612 Å². The average molecular weight is 1560 g/mol. The van der Waals surface area contributed by atoms with E-state index in [1.54, 1.807) is 5.32 Å². The number of fused-ring (bicyclic) bond motifs is 2. The van der Waals surface area contributed by atoms with Gasteiger partial charge in [0, 0.05) is 78.0 Å². The van der Waals surface area contributed by atoms with E-state index in [1.165, 1.54) is 63.5 Å². The number of oxime groups is 1. The van der Waals surface area contributed by atoms with Gasteiger partial charge in [-0.05, 0) is 107 Å². The van der Waals surface area contributed by atoms with Gasteiger partial charge in [0.1, 0.15) is 35.6 Å². The highest BCUT2D eigenvalue weighted by molar-refractivity contribution is 7.46. The number of amidine groups is 1. The van der Waals surface area contributed by atoms with Gasteiger partial charge in [0.25, 0.3) is 5.91 Å². The van der Waals surface area contributed by atoms with Gasteiger partial charge in [-0.2, -0.15) is 40.2 Å². The zero-order valence-electron chi connectivity index (χ0n) is 59.7. The quantitative estimate of drug-likeness (QED) is 0.00265. The summed E-state index contributed by atoms with van der Waals surface area (Å²) >= 11 is 0. The molecule has 588 valence electrons. The highest BCUT2D eigenvalue weighted by Gasteiger charge is 2.58. The molecule has 5 aromatic rings. The standard InChI is InChI=1S/C68H81F10N14O15P/c1-36-20-41(25-53(93)80-29-52(79)88-99)55(50(21-36)107-108(100,101)102)64(2,3)26-54(94)106-51(33-90(87-59(96)57(85-63(98)104-9)66(6,7)68(76,77)78)32-45-46(69)23-40(24-47(45)70)48-18-19-91(86-48)60(71)72)49(83-58(95)56(84-62(97)103-8)65(4,5)67(73,74)75)22-38-13-10-37(11-14-38)12-15-39-27-81-61(82-28-39)89-30-42-16-17-43(31-89)92(42)44-34-105-35-44/h10-11,13-14,18-21,23-24,27-28,42-44,49,51,56-57,60,99H,16-17,22,25-26,29-35H2,1-9H3,(H2,79,88)(H,80,93)(H,83,95)(H,84,97)(H,85,98)(H,87,96)(H2,100,101,102)/t42?,43?,49-,51-,56+,57+/m0/s1. The molecule has 108 heavy (non-hydrogen) atoms. The topological polar surface area (TPSA) is 378 Å². The van der Waals surface area contributed by atoms with Gasteiger partial charge in [0.2, 0.25) is 17.8 Å². The van der Waals surface area contributed by atoms with E-state index < -0.39 is 182 Å². The number of benzene rings is 3. The molecule has 3 aromatic carbocycles. The Morgan fingerprint density at radius 2 is 1.36 bits per heavy atom. The molecular formula is C68H81F10N14O15P. The van der Waals surface area contributed by atoms with Crippen LogP contribution in [0.25, 0.3) is 11.3 Å². The van der Waals surface area contributed by atoms with E-state index in [1.807, 2.05) is 5.32 Å². The first kappa shape index (κ1) is 83.8. The summed E-state index contributed by atoms with van der Waals surface area (Å²) in [4.78, 5) is 119. The van der Waals surface area contributed by atoms with Gasteiger partial charge in [-0.25, -0.2) is 42.6 Å². The van der Waals surface area contributed by atoms with Gasteiger partial charge >= 0.3 is 44.9 Å². The van der Waals surface area contributed by atoms with Crippen LogP contribution >= 0.6 is 7.82 Å². The number of halogens is 10. The molecule has 5 heterocycles. The summed E-state index contributed by atoms with van der Waals surface area (Å²) in [6.45, 7) is 2.28. The van der Waals surface area contributed by atoms with Crippen molar-refractivity contribution >= 4 is 55.5 Å². The molecule has 0 saturated carbocycles. The lowest BCUT2D eigenvalue weighted by Gasteiger charge is -2.47. The molecule has 3 aliphatic rings. The van der Waals surface area contributed by atoms with E-state index in [2.05, 4.69) is 67.4 Å². The van der Waals surface area contributed by atoms with Crippen molar-refractivity contribution < 1.29 is 116 Å². The van der Waals surface area contributed by atoms with Crippen molar-refractivity contribution in [2.24, 2.45) is 21.7 Å². The van der Waals surface area contributed by atoms with Crippen molar-refractivity contribution in [2.75, 3.05) is 58.5 Å². The second-order valence-corrected chi connectivity index (χ2v) is 29.0. The van der Waals surface area contributed by atoms with E-state index in [0.717, 1.165) is 45.4 Å². The molecule has 3 fully saturated rings. The summed E-state index contributed by atoms with van der Waals surface area (Å²) in [5, 5.41) is 24.3. The SMILES string of the molecule is COC(=O)N[C@H](C(=O)N[C@@H](Cc1ccc(C#Cc2cnc(N3CC4CCC(C3)N4C3COC3)nc2)cc1)[C@H](CN(Cc1c(F)cc(-c2ccn(C(F)F)n2)cc1F)NC(=O)[C@@H](NC(=O)OC)C(C)(C)C(F)(F)F)OC(=O)CC(C)(C)c1c(CC(=O)NC/C(N)=N/O)cc(C)cc1OP(=O)(O)O)C(C)(C)C(F)(F)F. The number of nitrogens with two attached hydrogens (primary N) is 1. The third kappa shape index (κ3) is 20.9. The summed E-state index contributed by atoms with van der Waals surface area (Å²) in [7, 11) is -4.08. The number of phosphoric acid groups is 1. The summed E-state index contributed by atoms with van der Waals surface area (Å²) in [6, 6.07) is 3.74. The van der Waals surface area contributed by atoms with Crippen molar-refractivity contribution in [2.45, 2.75) is 154 Å².